The van der Waals surface area contributed by atoms with E-state index in [9.17, 15) is 31.5 Å². The minimum atomic E-state index is -5.08. The van der Waals surface area contributed by atoms with Crippen LogP contribution in [0.1, 0.15) is 12.0 Å². The van der Waals surface area contributed by atoms with Gasteiger partial charge in [-0.15, -0.1) is 13.2 Å². The molecule has 0 aliphatic carbocycles. The van der Waals surface area contributed by atoms with Gasteiger partial charge in [-0.2, -0.15) is 0 Å². The molecule has 1 aromatic carbocycles. The first-order valence-corrected chi connectivity index (χ1v) is 13.7. The molecule has 2 aromatic heterocycles. The van der Waals surface area contributed by atoms with E-state index in [-0.39, 0.29) is 40.4 Å². The van der Waals surface area contributed by atoms with Gasteiger partial charge < -0.3 is 29.6 Å². The summed E-state index contributed by atoms with van der Waals surface area (Å²) in [6.07, 6.45) is -2.97. The molecule has 3 heterocycles. The number of halogens is 4. The molecular weight excluding hydrogens is 605 g/mol. The average Bonchev–Trinajstić information content (AvgIpc) is 3.26. The number of nitrogens with zero attached hydrogens (tertiary/aromatic N) is 5. The number of esters is 1. The number of benzene rings is 1. The third kappa shape index (κ3) is 6.44. The minimum Gasteiger partial charge on any atom is -0.755 e. The molecule has 12 nitrogen and oxygen atoms in total. The van der Waals surface area contributed by atoms with Crippen molar-refractivity contribution in [3.05, 3.63) is 47.2 Å². The zero-order valence-electron chi connectivity index (χ0n) is 22.4. The Morgan fingerprint density at radius 3 is 2.62 bits per heavy atom. The Morgan fingerprint density at radius 2 is 2.02 bits per heavy atom. The van der Waals surface area contributed by atoms with Gasteiger partial charge in [0.2, 0.25) is 5.91 Å². The number of ether oxygens (including phenoxy) is 2. The molecule has 1 amide bonds. The van der Waals surface area contributed by atoms with Crippen molar-refractivity contribution in [2.45, 2.75) is 31.3 Å². The number of nitrogens with two attached hydrogens (primary N) is 1. The Kier molecular flexibility index (Phi) is 8.98. The van der Waals surface area contributed by atoms with E-state index >= 15 is 0 Å². The lowest BCUT2D eigenvalue weighted by atomic mass is 10.00. The maximum atomic E-state index is 13.6. The second kappa shape index (κ2) is 12.1. The fourth-order valence-corrected chi connectivity index (χ4v) is 5.77. The van der Waals surface area contributed by atoms with E-state index in [1.54, 1.807) is 19.0 Å². The molecule has 4 rings (SSSR count). The van der Waals surface area contributed by atoms with Crippen LogP contribution in [0.2, 0.25) is 5.02 Å². The lowest BCUT2D eigenvalue weighted by Gasteiger charge is -2.32. The zero-order chi connectivity index (χ0) is 30.9. The van der Waals surface area contributed by atoms with Gasteiger partial charge in [-0.25, -0.2) is 14.8 Å². The maximum absolute atomic E-state index is 13.6. The number of rotatable bonds is 9. The molecule has 0 radical (unpaired) electrons. The van der Waals surface area contributed by atoms with Crippen molar-refractivity contribution in [2.24, 2.45) is 0 Å². The van der Waals surface area contributed by atoms with E-state index in [1.807, 2.05) is 0 Å². The Labute approximate surface area is 245 Å². The normalized spacial score (nSPS) is 16.8. The van der Waals surface area contributed by atoms with Gasteiger partial charge >= 0.3 is 12.3 Å². The number of carbonyl (C=O) groups is 2. The first kappa shape index (κ1) is 31.1. The molecule has 42 heavy (non-hydrogen) atoms. The Morgan fingerprint density at radius 1 is 1.31 bits per heavy atom. The second-order valence-electron chi connectivity index (χ2n) is 9.44. The van der Waals surface area contributed by atoms with Gasteiger partial charge in [0.1, 0.15) is 29.5 Å². The molecule has 1 aliphatic heterocycles. The number of pyridine rings is 2. The number of amides is 1. The van der Waals surface area contributed by atoms with E-state index in [4.69, 9.17) is 22.1 Å². The van der Waals surface area contributed by atoms with Gasteiger partial charge in [0.15, 0.2) is 0 Å². The van der Waals surface area contributed by atoms with Crippen molar-refractivity contribution >= 4 is 62.8 Å². The summed E-state index contributed by atoms with van der Waals surface area (Å²) in [5.74, 6) is -2.00. The summed E-state index contributed by atoms with van der Waals surface area (Å²) in [5.41, 5.74) is 5.77. The first-order chi connectivity index (χ1) is 19.7. The summed E-state index contributed by atoms with van der Waals surface area (Å²) >= 11 is 3.31. The summed E-state index contributed by atoms with van der Waals surface area (Å²) in [4.78, 5) is 37.2. The topological polar surface area (TPSA) is 154 Å². The third-order valence-electron chi connectivity index (χ3n) is 6.61. The number of nitrogen functional groups attached to an aromatic ring is 1. The molecule has 0 saturated carbocycles. The number of hydrogen-bond donors (Lipinski definition) is 1. The molecule has 1 fully saturated rings. The standard InChI is InChI=1S/C25H26ClF3N6O6S/c1-33(2)22-17(26)10-15(12-32-22)35(42(38)39)18-5-7-34(23(18)36)19(24(37)40-3)9-14-8-13-4-6-31-21(30)16(13)11-20(14)41-25(27,28)29/h4,6,8,10-12,18-19H,5,7,9H2,1-3H3,(H2,30,31)(H,38,39)/p-1/t18-,19+/m0/s1. The van der Waals surface area contributed by atoms with Crippen molar-refractivity contribution in [1.29, 1.82) is 0 Å². The van der Waals surface area contributed by atoms with Crippen LogP contribution in [-0.2, 0) is 32.0 Å². The average molecular weight is 630 g/mol. The predicted molar refractivity (Wildman–Crippen MR) is 147 cm³/mol. The van der Waals surface area contributed by atoms with Crippen LogP contribution in [0.3, 0.4) is 0 Å². The highest BCUT2D eigenvalue weighted by molar-refractivity contribution is 7.80. The molecule has 0 spiro atoms. The van der Waals surface area contributed by atoms with Crippen LogP contribution in [0.4, 0.5) is 30.5 Å². The number of anilines is 3. The first-order valence-electron chi connectivity index (χ1n) is 12.2. The molecule has 2 N–H and O–H groups in total. The number of hydrogen-bond acceptors (Lipinski definition) is 10. The maximum Gasteiger partial charge on any atom is 0.573 e. The van der Waals surface area contributed by atoms with Gasteiger partial charge in [-0.05, 0) is 41.6 Å². The monoisotopic (exact) mass is 629 g/mol. The number of likely N-dealkylation sites (tertiary alicyclic amines) is 1. The van der Waals surface area contributed by atoms with Crippen molar-refractivity contribution in [3.8, 4) is 5.75 Å². The van der Waals surface area contributed by atoms with Crippen LogP contribution < -0.4 is 19.7 Å². The fourth-order valence-electron chi connectivity index (χ4n) is 4.77. The third-order valence-corrected chi connectivity index (χ3v) is 7.67. The molecule has 3 atom stereocenters. The van der Waals surface area contributed by atoms with Gasteiger partial charge in [-0.3, -0.25) is 13.3 Å². The van der Waals surface area contributed by atoms with Crippen LogP contribution >= 0.6 is 11.6 Å². The number of fused-ring (bicyclic) bond motifs is 1. The van der Waals surface area contributed by atoms with Gasteiger partial charge in [-0.1, -0.05) is 11.6 Å². The number of methoxy groups -OCH3 is 1. The summed E-state index contributed by atoms with van der Waals surface area (Å²) in [5, 5.41) is 0.736. The summed E-state index contributed by atoms with van der Waals surface area (Å²) in [7, 11) is 4.44. The van der Waals surface area contributed by atoms with Crippen LogP contribution in [-0.4, -0.2) is 81.7 Å². The predicted octanol–water partition coefficient (Wildman–Crippen LogP) is 2.82. The molecule has 17 heteroatoms. The second-order valence-corrected chi connectivity index (χ2v) is 10.7. The number of alkyl halides is 3. The van der Waals surface area contributed by atoms with E-state index in [1.165, 1.54) is 30.6 Å². The van der Waals surface area contributed by atoms with E-state index in [0.717, 1.165) is 22.4 Å². The summed E-state index contributed by atoms with van der Waals surface area (Å²) < 4.78 is 74.4. The number of aromatic nitrogens is 2. The van der Waals surface area contributed by atoms with E-state index in [0.29, 0.717) is 11.2 Å². The van der Waals surface area contributed by atoms with Gasteiger partial charge in [0.05, 0.1) is 24.0 Å². The minimum absolute atomic E-state index is 0.00958. The van der Waals surface area contributed by atoms with E-state index in [2.05, 4.69) is 14.7 Å². The zero-order valence-corrected chi connectivity index (χ0v) is 24.0. The summed E-state index contributed by atoms with van der Waals surface area (Å²) in [6, 6.07) is 2.55. The van der Waals surface area contributed by atoms with Crippen LogP contribution in [0.25, 0.3) is 10.8 Å². The number of carbonyl (C=O) groups excluding carboxylic acids is 2. The molecule has 226 valence electrons. The SMILES string of the molecule is COC(=O)[C@@H](Cc1cc2ccnc(N)c2cc1OC(F)(F)F)N1CC[C@H](N(c2cnc(N(C)C)c(Cl)c2)S(=O)[O-])C1=O. The van der Waals surface area contributed by atoms with Crippen molar-refractivity contribution in [1.82, 2.24) is 14.9 Å². The lowest BCUT2D eigenvalue weighted by molar-refractivity contribution is -0.274. The molecule has 1 unspecified atom stereocenters. The Hall–Kier alpha value is -3.89. The van der Waals surface area contributed by atoms with Crippen LogP contribution in [0, 0.1) is 0 Å². The molecule has 3 aromatic rings. The smallest absolute Gasteiger partial charge is 0.573 e. The Bertz CT molecular complexity index is 1540. The molecule has 0 bridgehead atoms. The highest BCUT2D eigenvalue weighted by atomic mass is 35.5. The molecule has 1 aliphatic rings. The molecule has 1 saturated heterocycles. The quantitative estimate of drug-likeness (QED) is 0.276. The highest BCUT2D eigenvalue weighted by Gasteiger charge is 2.43. The van der Waals surface area contributed by atoms with Crippen LogP contribution in [0.15, 0.2) is 36.7 Å². The van der Waals surface area contributed by atoms with Crippen LogP contribution in [0.5, 0.6) is 5.75 Å². The lowest BCUT2D eigenvalue weighted by Crippen LogP contribution is -2.49. The highest BCUT2D eigenvalue weighted by Crippen LogP contribution is 2.35. The van der Waals surface area contributed by atoms with E-state index < -0.39 is 53.8 Å². The van der Waals surface area contributed by atoms with Crippen molar-refractivity contribution in [2.75, 3.05) is 42.7 Å². The Balaban J connectivity index is 1.70. The van der Waals surface area contributed by atoms with Gasteiger partial charge in [0, 0.05) is 49.9 Å². The van der Waals surface area contributed by atoms with Crippen molar-refractivity contribution in [3.63, 3.8) is 0 Å². The molecular formula is C25H25ClF3N6O6S-. The fraction of sp³-hybridized carbons (Fsp3) is 0.360. The van der Waals surface area contributed by atoms with Gasteiger partial charge in [0.25, 0.3) is 0 Å². The summed E-state index contributed by atoms with van der Waals surface area (Å²) in [6.45, 7) is -0.103. The largest absolute Gasteiger partial charge is 0.755 e. The van der Waals surface area contributed by atoms with Crippen molar-refractivity contribution < 1.29 is 41.0 Å².